The quantitative estimate of drug-likeness (QED) is 0.733. The Morgan fingerprint density at radius 2 is 1.89 bits per heavy atom. The molecule has 1 aromatic rings. The summed E-state index contributed by atoms with van der Waals surface area (Å²) in [5, 5.41) is 16.5. The molecule has 3 aliphatic heterocycles. The van der Waals surface area contributed by atoms with Gasteiger partial charge in [0, 0.05) is 19.6 Å². The summed E-state index contributed by atoms with van der Waals surface area (Å²) in [5.74, 6) is -3.32. The Kier molecular flexibility index (Phi) is 5.07. The van der Waals surface area contributed by atoms with Crippen LogP contribution in [0, 0.1) is 11.8 Å². The molecular formula is C18H24N4O6. The number of nitrogens with one attached hydrogen (secondary N) is 1. The van der Waals surface area contributed by atoms with Crippen molar-refractivity contribution in [3.8, 4) is 0 Å². The first-order valence-corrected chi connectivity index (χ1v) is 9.63. The van der Waals surface area contributed by atoms with Gasteiger partial charge in [-0.05, 0) is 19.8 Å². The average Bonchev–Trinajstić information content (AvgIpc) is 3.42. The Labute approximate surface area is 161 Å². The summed E-state index contributed by atoms with van der Waals surface area (Å²) in [6.07, 6.45) is 1.94. The fraction of sp³-hybridized carbons (Fsp3) is 0.667. The molecule has 0 unspecified atom stereocenters. The van der Waals surface area contributed by atoms with E-state index in [1.54, 1.807) is 9.58 Å². The second-order valence-corrected chi connectivity index (χ2v) is 7.30. The molecule has 1 aromatic heterocycles. The first-order chi connectivity index (χ1) is 13.5. The summed E-state index contributed by atoms with van der Waals surface area (Å²) in [6.45, 7) is 4.22. The highest BCUT2D eigenvalue weighted by molar-refractivity contribution is 6.04. The number of aryl methyl sites for hydroxylation is 1. The number of amides is 2. The fourth-order valence-corrected chi connectivity index (χ4v) is 4.40. The number of hydrogen-bond donors (Lipinski definition) is 2. The lowest BCUT2D eigenvalue weighted by molar-refractivity contribution is -0.147. The minimum atomic E-state index is -1.03. The van der Waals surface area contributed by atoms with E-state index in [4.69, 9.17) is 9.47 Å². The second kappa shape index (κ2) is 7.51. The molecule has 0 aromatic carbocycles. The molecule has 0 aliphatic carbocycles. The van der Waals surface area contributed by atoms with Gasteiger partial charge in [0.1, 0.15) is 5.69 Å². The molecule has 28 heavy (non-hydrogen) atoms. The second-order valence-electron chi connectivity index (χ2n) is 7.30. The van der Waals surface area contributed by atoms with Gasteiger partial charge in [0.2, 0.25) is 5.91 Å². The third kappa shape index (κ3) is 3.16. The van der Waals surface area contributed by atoms with E-state index in [0.29, 0.717) is 57.1 Å². The van der Waals surface area contributed by atoms with E-state index in [2.05, 4.69) is 10.4 Å². The molecular weight excluding hydrogens is 368 g/mol. The maximum Gasteiger partial charge on any atom is 0.310 e. The number of aromatic nitrogens is 2. The summed E-state index contributed by atoms with van der Waals surface area (Å²) in [6, 6.07) is 0. The minimum absolute atomic E-state index is 0.225. The maximum atomic E-state index is 13.0. The van der Waals surface area contributed by atoms with Gasteiger partial charge in [-0.25, -0.2) is 0 Å². The molecule has 0 spiro atoms. The Morgan fingerprint density at radius 3 is 2.54 bits per heavy atom. The third-order valence-electron chi connectivity index (χ3n) is 5.76. The lowest BCUT2D eigenvalue weighted by Crippen LogP contribution is -2.43. The van der Waals surface area contributed by atoms with Crippen molar-refractivity contribution in [1.29, 1.82) is 0 Å². The van der Waals surface area contributed by atoms with Gasteiger partial charge in [0.15, 0.2) is 0 Å². The third-order valence-corrected chi connectivity index (χ3v) is 5.76. The Morgan fingerprint density at radius 1 is 1.21 bits per heavy atom. The van der Waals surface area contributed by atoms with E-state index in [1.807, 2.05) is 6.92 Å². The number of carbonyl (C=O) groups is 3. The highest BCUT2D eigenvalue weighted by atomic mass is 16.5. The van der Waals surface area contributed by atoms with Crippen molar-refractivity contribution in [3.63, 3.8) is 0 Å². The van der Waals surface area contributed by atoms with E-state index in [-0.39, 0.29) is 5.91 Å². The van der Waals surface area contributed by atoms with E-state index >= 15 is 0 Å². The molecule has 152 valence electrons. The normalized spacial score (nSPS) is 29.1. The van der Waals surface area contributed by atoms with Crippen LogP contribution in [0.15, 0.2) is 6.20 Å². The van der Waals surface area contributed by atoms with Crippen molar-refractivity contribution < 1.29 is 29.0 Å². The van der Waals surface area contributed by atoms with E-state index in [0.717, 1.165) is 0 Å². The van der Waals surface area contributed by atoms with Gasteiger partial charge >= 0.3 is 5.97 Å². The zero-order valence-corrected chi connectivity index (χ0v) is 15.7. The average molecular weight is 392 g/mol. The van der Waals surface area contributed by atoms with E-state index in [1.165, 1.54) is 6.20 Å². The molecule has 4 rings (SSSR count). The highest BCUT2D eigenvalue weighted by Crippen LogP contribution is 2.44. The van der Waals surface area contributed by atoms with Gasteiger partial charge in [0.25, 0.3) is 5.91 Å². The molecule has 4 atom stereocenters. The Balaban J connectivity index is 1.56. The van der Waals surface area contributed by atoms with E-state index < -0.39 is 35.9 Å². The molecule has 2 amide bonds. The van der Waals surface area contributed by atoms with Gasteiger partial charge in [0.05, 0.1) is 49.1 Å². The molecule has 2 bridgehead atoms. The lowest BCUT2D eigenvalue weighted by atomic mass is 9.78. The molecule has 0 saturated carbocycles. The van der Waals surface area contributed by atoms with Crippen LogP contribution in [0.1, 0.15) is 30.3 Å². The molecule has 10 nitrogen and oxygen atoms in total. The predicted octanol–water partition coefficient (Wildman–Crippen LogP) is 0.192. The maximum absolute atomic E-state index is 13.0. The smallest absolute Gasteiger partial charge is 0.310 e. The fourth-order valence-electron chi connectivity index (χ4n) is 4.40. The van der Waals surface area contributed by atoms with Crippen LogP contribution >= 0.6 is 0 Å². The first kappa shape index (κ1) is 18.9. The number of nitrogens with zero attached hydrogens (tertiary/aromatic N) is 3. The van der Waals surface area contributed by atoms with Crippen molar-refractivity contribution in [2.45, 2.75) is 38.5 Å². The van der Waals surface area contributed by atoms with Crippen molar-refractivity contribution in [2.75, 3.05) is 31.6 Å². The number of carbonyl (C=O) groups excluding carboxylic acids is 2. The standard InChI is InChI=1S/C18H24N4O6/c1-2-22-15(17(24)21-5-7-27-8-6-21)10(9-19-22)20-16(23)13-11-3-4-12(28-11)14(13)18(25)26/h9,11-14H,2-8H2,1H3,(H,20,23)(H,25,26)/t11-,12-,13+,14-/m0/s1. The van der Waals surface area contributed by atoms with Crippen LogP contribution in [0.2, 0.25) is 0 Å². The van der Waals surface area contributed by atoms with Crippen LogP contribution in [-0.2, 0) is 25.6 Å². The zero-order chi connectivity index (χ0) is 19.8. The van der Waals surface area contributed by atoms with Crippen LogP contribution in [-0.4, -0.2) is 76.1 Å². The number of carboxylic acids is 1. The molecule has 2 N–H and O–H groups in total. The molecule has 10 heteroatoms. The molecule has 3 aliphatic rings. The predicted molar refractivity (Wildman–Crippen MR) is 95.8 cm³/mol. The summed E-state index contributed by atoms with van der Waals surface area (Å²) in [5.41, 5.74) is 0.601. The van der Waals surface area contributed by atoms with Gasteiger partial charge in [-0.3, -0.25) is 19.1 Å². The highest BCUT2D eigenvalue weighted by Gasteiger charge is 2.55. The van der Waals surface area contributed by atoms with Gasteiger partial charge in [-0.2, -0.15) is 5.10 Å². The summed E-state index contributed by atoms with van der Waals surface area (Å²) in [7, 11) is 0. The first-order valence-electron chi connectivity index (χ1n) is 9.63. The monoisotopic (exact) mass is 392 g/mol. The molecule has 3 saturated heterocycles. The number of carboxylic acid groups (broad SMARTS) is 1. The number of fused-ring (bicyclic) bond motifs is 2. The van der Waals surface area contributed by atoms with Gasteiger partial charge < -0.3 is 24.8 Å². The van der Waals surface area contributed by atoms with Crippen LogP contribution < -0.4 is 5.32 Å². The lowest BCUT2D eigenvalue weighted by Gasteiger charge is -2.27. The Bertz CT molecular complexity index is 787. The minimum Gasteiger partial charge on any atom is -0.481 e. The van der Waals surface area contributed by atoms with Crippen molar-refractivity contribution in [3.05, 3.63) is 11.9 Å². The SMILES string of the molecule is CCn1ncc(NC(=O)[C@H]2[C@@H](C(=O)O)[C@@H]3CC[C@@H]2O3)c1C(=O)N1CCOCC1. The topological polar surface area (TPSA) is 123 Å². The number of anilines is 1. The zero-order valence-electron chi connectivity index (χ0n) is 15.7. The van der Waals surface area contributed by atoms with E-state index in [9.17, 15) is 19.5 Å². The number of ether oxygens (including phenoxy) is 2. The summed E-state index contributed by atoms with van der Waals surface area (Å²) >= 11 is 0. The Hall–Kier alpha value is -2.46. The molecule has 0 radical (unpaired) electrons. The van der Waals surface area contributed by atoms with Gasteiger partial charge in [-0.15, -0.1) is 0 Å². The van der Waals surface area contributed by atoms with Crippen LogP contribution in [0.4, 0.5) is 5.69 Å². The number of aliphatic carboxylic acids is 1. The summed E-state index contributed by atoms with van der Waals surface area (Å²) < 4.78 is 12.5. The largest absolute Gasteiger partial charge is 0.481 e. The van der Waals surface area contributed by atoms with Crippen molar-refractivity contribution in [2.24, 2.45) is 11.8 Å². The van der Waals surface area contributed by atoms with Crippen LogP contribution in [0.25, 0.3) is 0 Å². The number of rotatable bonds is 5. The molecule has 3 fully saturated rings. The number of morpholine rings is 1. The van der Waals surface area contributed by atoms with Crippen LogP contribution in [0.5, 0.6) is 0 Å². The number of hydrogen-bond acceptors (Lipinski definition) is 6. The molecule has 4 heterocycles. The van der Waals surface area contributed by atoms with Crippen LogP contribution in [0.3, 0.4) is 0 Å². The van der Waals surface area contributed by atoms with Crippen molar-refractivity contribution in [1.82, 2.24) is 14.7 Å². The van der Waals surface area contributed by atoms with Crippen molar-refractivity contribution >= 4 is 23.5 Å². The summed E-state index contributed by atoms with van der Waals surface area (Å²) in [4.78, 5) is 39.2. The van der Waals surface area contributed by atoms with Gasteiger partial charge in [-0.1, -0.05) is 0 Å².